The zero-order valence-corrected chi connectivity index (χ0v) is 12.9. The third kappa shape index (κ3) is 3.34. The van der Waals surface area contributed by atoms with Gasteiger partial charge in [0.05, 0.1) is 0 Å². The molecule has 2 N–H and O–H groups in total. The van der Waals surface area contributed by atoms with Crippen molar-refractivity contribution in [3.05, 3.63) is 34.3 Å². The van der Waals surface area contributed by atoms with Crippen LogP contribution in [0.25, 0.3) is 0 Å². The minimum absolute atomic E-state index is 0.330. The fourth-order valence-electron chi connectivity index (χ4n) is 2.75. The first-order valence-corrected chi connectivity index (χ1v) is 7.50. The Bertz CT molecular complexity index is 407. The summed E-state index contributed by atoms with van der Waals surface area (Å²) >= 11 is 3.54. The van der Waals surface area contributed by atoms with Crippen molar-refractivity contribution in [3.63, 3.8) is 0 Å². The van der Waals surface area contributed by atoms with Crippen LogP contribution in [0, 0.1) is 5.41 Å². The smallest absolute Gasteiger partial charge is 0.0178 e. The largest absolute Gasteiger partial charge is 0.330 e. The molecule has 1 aliphatic rings. The van der Waals surface area contributed by atoms with Crippen LogP contribution >= 0.6 is 15.9 Å². The summed E-state index contributed by atoms with van der Waals surface area (Å²) in [5.41, 5.74) is 7.60. The van der Waals surface area contributed by atoms with Gasteiger partial charge in [-0.2, -0.15) is 0 Å². The van der Waals surface area contributed by atoms with Crippen LogP contribution in [0.2, 0.25) is 0 Å². The number of nitrogens with two attached hydrogens (primary N) is 1. The van der Waals surface area contributed by atoms with Gasteiger partial charge >= 0.3 is 0 Å². The van der Waals surface area contributed by atoms with E-state index in [9.17, 15) is 0 Å². The zero-order valence-electron chi connectivity index (χ0n) is 11.3. The molecule has 1 heterocycles. The fraction of sp³-hybridized carbons (Fsp3) is 0.600. The second kappa shape index (κ2) is 5.72. The summed E-state index contributed by atoms with van der Waals surface area (Å²) in [6.07, 6.45) is 1.23. The lowest BCUT2D eigenvalue weighted by Crippen LogP contribution is -2.32. The average molecular weight is 311 g/mol. The quantitative estimate of drug-likeness (QED) is 0.925. The van der Waals surface area contributed by atoms with Crippen LogP contribution in [-0.4, -0.2) is 31.1 Å². The maximum Gasteiger partial charge on any atom is 0.0178 e. The summed E-state index contributed by atoms with van der Waals surface area (Å²) in [6, 6.07) is 8.64. The van der Waals surface area contributed by atoms with Crippen LogP contribution in [0.15, 0.2) is 28.7 Å². The molecule has 0 radical (unpaired) electrons. The molecule has 0 saturated carbocycles. The van der Waals surface area contributed by atoms with E-state index in [4.69, 9.17) is 5.73 Å². The molecule has 2 rings (SSSR count). The van der Waals surface area contributed by atoms with Gasteiger partial charge in [0.15, 0.2) is 0 Å². The van der Waals surface area contributed by atoms with Gasteiger partial charge in [0.2, 0.25) is 0 Å². The first-order valence-electron chi connectivity index (χ1n) is 6.70. The fourth-order valence-corrected chi connectivity index (χ4v) is 3.17. The Kier molecular flexibility index (Phi) is 4.46. The molecule has 2 atom stereocenters. The van der Waals surface area contributed by atoms with Crippen LogP contribution < -0.4 is 5.73 Å². The Balaban J connectivity index is 1.95. The van der Waals surface area contributed by atoms with E-state index >= 15 is 0 Å². The van der Waals surface area contributed by atoms with Gasteiger partial charge in [-0.15, -0.1) is 0 Å². The predicted octanol–water partition coefficient (Wildman–Crippen LogP) is 3.22. The second-order valence-electron chi connectivity index (χ2n) is 5.96. The number of rotatable bonds is 4. The minimum Gasteiger partial charge on any atom is -0.330 e. The maximum atomic E-state index is 5.86. The highest BCUT2D eigenvalue weighted by atomic mass is 79.9. The molecular formula is C15H23BrN2. The molecule has 1 fully saturated rings. The molecule has 0 aliphatic carbocycles. The first-order chi connectivity index (χ1) is 8.52. The number of likely N-dealkylation sites (tertiary alicyclic amines) is 1. The van der Waals surface area contributed by atoms with Gasteiger partial charge in [-0.25, -0.2) is 0 Å². The van der Waals surface area contributed by atoms with E-state index in [0.29, 0.717) is 11.3 Å². The van der Waals surface area contributed by atoms with Crippen LogP contribution in [0.1, 0.15) is 31.7 Å². The molecule has 1 aromatic carbocycles. The van der Waals surface area contributed by atoms with Crippen molar-refractivity contribution in [2.45, 2.75) is 26.2 Å². The van der Waals surface area contributed by atoms with Crippen molar-refractivity contribution in [2.75, 3.05) is 26.2 Å². The highest BCUT2D eigenvalue weighted by Crippen LogP contribution is 2.30. The van der Waals surface area contributed by atoms with E-state index in [2.05, 4.69) is 58.9 Å². The average Bonchev–Trinajstić information content (AvgIpc) is 2.72. The maximum absolute atomic E-state index is 5.86. The highest BCUT2D eigenvalue weighted by molar-refractivity contribution is 9.10. The molecule has 3 heteroatoms. The molecule has 0 spiro atoms. The molecule has 1 saturated heterocycles. The van der Waals surface area contributed by atoms with E-state index in [1.165, 1.54) is 23.0 Å². The molecular weight excluding hydrogens is 288 g/mol. The molecule has 1 aliphatic heterocycles. The SMILES string of the molecule is CC(CN1CCC(C)(CN)C1)c1cccc(Br)c1. The molecule has 0 aromatic heterocycles. The molecule has 1 aromatic rings. The third-order valence-electron chi connectivity index (χ3n) is 4.08. The number of hydrogen-bond acceptors (Lipinski definition) is 2. The van der Waals surface area contributed by atoms with E-state index in [-0.39, 0.29) is 0 Å². The van der Waals surface area contributed by atoms with Gasteiger partial charge in [0, 0.05) is 17.6 Å². The third-order valence-corrected chi connectivity index (χ3v) is 4.57. The topological polar surface area (TPSA) is 29.3 Å². The van der Waals surface area contributed by atoms with E-state index in [1.54, 1.807) is 0 Å². The number of halogens is 1. The summed E-state index contributed by atoms with van der Waals surface area (Å²) in [6.45, 7) is 8.87. The number of hydrogen-bond donors (Lipinski definition) is 1. The van der Waals surface area contributed by atoms with Gasteiger partial charge < -0.3 is 10.6 Å². The van der Waals surface area contributed by atoms with Crippen LogP contribution in [0.3, 0.4) is 0 Å². The Morgan fingerprint density at radius 2 is 2.28 bits per heavy atom. The molecule has 100 valence electrons. The Hall–Kier alpha value is -0.380. The monoisotopic (exact) mass is 310 g/mol. The summed E-state index contributed by atoms with van der Waals surface area (Å²) in [4.78, 5) is 2.55. The zero-order chi connectivity index (χ0) is 13.2. The van der Waals surface area contributed by atoms with Gasteiger partial charge in [-0.1, -0.05) is 41.9 Å². The minimum atomic E-state index is 0.330. The predicted molar refractivity (Wildman–Crippen MR) is 80.8 cm³/mol. The summed E-state index contributed by atoms with van der Waals surface area (Å²) < 4.78 is 1.17. The van der Waals surface area contributed by atoms with Crippen molar-refractivity contribution < 1.29 is 0 Å². The van der Waals surface area contributed by atoms with Crippen molar-refractivity contribution in [3.8, 4) is 0 Å². The van der Waals surface area contributed by atoms with Gasteiger partial charge in [0.25, 0.3) is 0 Å². The lowest BCUT2D eigenvalue weighted by molar-refractivity contribution is 0.270. The first kappa shape index (κ1) is 14.0. The highest BCUT2D eigenvalue weighted by Gasteiger charge is 2.32. The van der Waals surface area contributed by atoms with Gasteiger partial charge in [-0.05, 0) is 48.5 Å². The van der Waals surface area contributed by atoms with Crippen molar-refractivity contribution in [2.24, 2.45) is 11.1 Å². The van der Waals surface area contributed by atoms with Crippen LogP contribution in [0.5, 0.6) is 0 Å². The molecule has 18 heavy (non-hydrogen) atoms. The number of benzene rings is 1. The van der Waals surface area contributed by atoms with E-state index < -0.39 is 0 Å². The molecule has 2 unspecified atom stereocenters. The summed E-state index contributed by atoms with van der Waals surface area (Å²) in [5, 5.41) is 0. The number of nitrogens with zero attached hydrogens (tertiary/aromatic N) is 1. The van der Waals surface area contributed by atoms with E-state index in [1.807, 2.05) is 0 Å². The van der Waals surface area contributed by atoms with Crippen LogP contribution in [-0.2, 0) is 0 Å². The summed E-state index contributed by atoms with van der Waals surface area (Å²) in [5.74, 6) is 0.572. The van der Waals surface area contributed by atoms with E-state index in [0.717, 1.165) is 19.6 Å². The Morgan fingerprint density at radius 1 is 1.50 bits per heavy atom. The second-order valence-corrected chi connectivity index (χ2v) is 6.87. The lowest BCUT2D eigenvalue weighted by atomic mass is 9.90. The van der Waals surface area contributed by atoms with Crippen molar-refractivity contribution in [1.82, 2.24) is 4.90 Å². The van der Waals surface area contributed by atoms with Crippen molar-refractivity contribution >= 4 is 15.9 Å². The molecule has 0 amide bonds. The Labute approximate surface area is 119 Å². The Morgan fingerprint density at radius 3 is 2.89 bits per heavy atom. The summed E-state index contributed by atoms with van der Waals surface area (Å²) in [7, 11) is 0. The standard InChI is InChI=1S/C15H23BrN2/c1-12(13-4-3-5-14(16)8-13)9-18-7-6-15(2,10-17)11-18/h3-5,8,12H,6-7,9-11,17H2,1-2H3. The van der Waals surface area contributed by atoms with Gasteiger partial charge in [0.1, 0.15) is 0 Å². The van der Waals surface area contributed by atoms with Crippen LogP contribution in [0.4, 0.5) is 0 Å². The molecule has 2 nitrogen and oxygen atoms in total. The normalized spacial score (nSPS) is 26.4. The van der Waals surface area contributed by atoms with Crippen molar-refractivity contribution in [1.29, 1.82) is 0 Å². The van der Waals surface area contributed by atoms with Gasteiger partial charge in [-0.3, -0.25) is 0 Å². The molecule has 0 bridgehead atoms. The lowest BCUT2D eigenvalue weighted by Gasteiger charge is -2.25.